The van der Waals surface area contributed by atoms with Crippen molar-refractivity contribution in [1.82, 2.24) is 15.3 Å². The number of nitrogens with zero attached hydrogens (tertiary/aromatic N) is 2. The summed E-state index contributed by atoms with van der Waals surface area (Å²) in [6.07, 6.45) is 6.59. The maximum absolute atomic E-state index is 11.7. The van der Waals surface area contributed by atoms with Crippen molar-refractivity contribution in [1.29, 1.82) is 0 Å². The van der Waals surface area contributed by atoms with Crippen molar-refractivity contribution in [3.05, 3.63) is 18.0 Å². The molecule has 0 saturated carbocycles. The highest BCUT2D eigenvalue weighted by molar-refractivity contribution is 5.93. The molecular formula is C13H22N4O. The first kappa shape index (κ1) is 14.4. The van der Waals surface area contributed by atoms with E-state index in [0.717, 1.165) is 13.0 Å². The molecule has 0 saturated heterocycles. The molecule has 0 aliphatic rings. The van der Waals surface area contributed by atoms with E-state index in [4.69, 9.17) is 0 Å². The van der Waals surface area contributed by atoms with Crippen molar-refractivity contribution < 1.29 is 4.79 Å². The Bertz CT molecular complexity index is 362. The molecule has 1 rings (SSSR count). The third-order valence-corrected chi connectivity index (χ3v) is 2.40. The second-order valence-electron chi connectivity index (χ2n) is 4.56. The average molecular weight is 250 g/mol. The van der Waals surface area contributed by atoms with Crippen molar-refractivity contribution >= 4 is 11.9 Å². The van der Waals surface area contributed by atoms with Crippen LogP contribution in [0.3, 0.4) is 0 Å². The van der Waals surface area contributed by atoms with Crippen molar-refractivity contribution in [3.8, 4) is 0 Å². The van der Waals surface area contributed by atoms with Gasteiger partial charge in [-0.1, -0.05) is 19.8 Å². The molecule has 0 bridgehead atoms. The third kappa shape index (κ3) is 5.12. The van der Waals surface area contributed by atoms with Gasteiger partial charge in [0.25, 0.3) is 5.91 Å². The lowest BCUT2D eigenvalue weighted by Crippen LogP contribution is -2.30. The Balaban J connectivity index is 2.44. The second-order valence-corrected chi connectivity index (χ2v) is 4.56. The zero-order chi connectivity index (χ0) is 13.4. The van der Waals surface area contributed by atoms with Gasteiger partial charge in [-0.2, -0.15) is 0 Å². The highest BCUT2D eigenvalue weighted by Crippen LogP contribution is 2.02. The molecule has 2 N–H and O–H groups in total. The van der Waals surface area contributed by atoms with Crippen molar-refractivity contribution in [2.75, 3.05) is 11.9 Å². The van der Waals surface area contributed by atoms with Crippen LogP contribution >= 0.6 is 0 Å². The zero-order valence-corrected chi connectivity index (χ0v) is 11.4. The van der Waals surface area contributed by atoms with Gasteiger partial charge in [0, 0.05) is 25.0 Å². The predicted octanol–water partition coefficient (Wildman–Crippen LogP) is 2.22. The van der Waals surface area contributed by atoms with Crippen LogP contribution in [-0.4, -0.2) is 28.5 Å². The molecule has 0 aromatic carbocycles. The molecule has 0 atom stereocenters. The molecule has 0 spiro atoms. The fourth-order valence-corrected chi connectivity index (χ4v) is 1.46. The molecule has 18 heavy (non-hydrogen) atoms. The second kappa shape index (κ2) is 7.63. The van der Waals surface area contributed by atoms with Crippen LogP contribution < -0.4 is 10.6 Å². The van der Waals surface area contributed by atoms with Crippen LogP contribution in [0.15, 0.2) is 12.4 Å². The van der Waals surface area contributed by atoms with Crippen molar-refractivity contribution in [2.24, 2.45) is 0 Å². The number of aromatic nitrogens is 2. The quantitative estimate of drug-likeness (QED) is 0.728. The van der Waals surface area contributed by atoms with Gasteiger partial charge >= 0.3 is 0 Å². The van der Waals surface area contributed by atoms with E-state index < -0.39 is 0 Å². The summed E-state index contributed by atoms with van der Waals surface area (Å²) in [6.45, 7) is 6.87. The molecule has 1 aromatic heterocycles. The average Bonchev–Trinajstić information content (AvgIpc) is 2.34. The summed E-state index contributed by atoms with van der Waals surface area (Å²) in [6, 6.07) is 0.115. The van der Waals surface area contributed by atoms with Crippen LogP contribution in [0.5, 0.6) is 0 Å². The normalized spacial score (nSPS) is 10.4. The highest BCUT2D eigenvalue weighted by Gasteiger charge is 2.07. The number of rotatable bonds is 7. The first-order chi connectivity index (χ1) is 8.63. The van der Waals surface area contributed by atoms with E-state index in [1.807, 2.05) is 13.8 Å². The Kier molecular flexibility index (Phi) is 6.11. The Labute approximate surface area is 108 Å². The molecule has 5 nitrogen and oxygen atoms in total. The van der Waals surface area contributed by atoms with E-state index in [9.17, 15) is 4.79 Å². The number of carbonyl (C=O) groups is 1. The molecule has 100 valence electrons. The zero-order valence-electron chi connectivity index (χ0n) is 11.4. The molecule has 0 aliphatic heterocycles. The van der Waals surface area contributed by atoms with Crippen LogP contribution in [-0.2, 0) is 0 Å². The van der Waals surface area contributed by atoms with E-state index in [2.05, 4.69) is 27.5 Å². The fourth-order valence-electron chi connectivity index (χ4n) is 1.46. The van der Waals surface area contributed by atoms with Crippen LogP contribution in [0.2, 0.25) is 0 Å². The van der Waals surface area contributed by atoms with Gasteiger partial charge in [0.05, 0.1) is 5.56 Å². The molecule has 0 radical (unpaired) electrons. The summed E-state index contributed by atoms with van der Waals surface area (Å²) in [5.74, 6) is 0.440. The predicted molar refractivity (Wildman–Crippen MR) is 72.6 cm³/mol. The van der Waals surface area contributed by atoms with Crippen LogP contribution in [0.25, 0.3) is 0 Å². The summed E-state index contributed by atoms with van der Waals surface area (Å²) in [5, 5.41) is 5.93. The van der Waals surface area contributed by atoms with E-state index in [-0.39, 0.29) is 11.9 Å². The summed E-state index contributed by atoms with van der Waals surface area (Å²) in [7, 11) is 0. The SMILES string of the molecule is CCCCCNc1ncc(C(=O)NC(C)C)cn1. The van der Waals surface area contributed by atoms with Gasteiger partial charge in [-0.05, 0) is 20.3 Å². The number of unbranched alkanes of at least 4 members (excludes halogenated alkanes) is 2. The minimum atomic E-state index is -0.137. The van der Waals surface area contributed by atoms with Gasteiger partial charge in [-0.25, -0.2) is 9.97 Å². The minimum Gasteiger partial charge on any atom is -0.354 e. The van der Waals surface area contributed by atoms with Crippen LogP contribution in [0.4, 0.5) is 5.95 Å². The topological polar surface area (TPSA) is 66.9 Å². The molecule has 0 fully saturated rings. The van der Waals surface area contributed by atoms with Crippen LogP contribution in [0.1, 0.15) is 50.4 Å². The summed E-state index contributed by atoms with van der Waals surface area (Å²) in [5.41, 5.74) is 0.489. The Morgan fingerprint density at radius 2 is 1.94 bits per heavy atom. The molecule has 5 heteroatoms. The number of amides is 1. The molecule has 1 amide bonds. The third-order valence-electron chi connectivity index (χ3n) is 2.40. The van der Waals surface area contributed by atoms with Crippen molar-refractivity contribution in [3.63, 3.8) is 0 Å². The van der Waals surface area contributed by atoms with Gasteiger partial charge in [-0.3, -0.25) is 4.79 Å². The largest absolute Gasteiger partial charge is 0.354 e. The van der Waals surface area contributed by atoms with E-state index in [0.29, 0.717) is 11.5 Å². The lowest BCUT2D eigenvalue weighted by Gasteiger charge is -2.08. The lowest BCUT2D eigenvalue weighted by molar-refractivity contribution is 0.0942. The number of hydrogen-bond donors (Lipinski definition) is 2. The fraction of sp³-hybridized carbons (Fsp3) is 0.615. The van der Waals surface area contributed by atoms with Crippen molar-refractivity contribution in [2.45, 2.75) is 46.1 Å². The van der Waals surface area contributed by atoms with Gasteiger partial charge < -0.3 is 10.6 Å². The lowest BCUT2D eigenvalue weighted by atomic mass is 10.2. The maximum Gasteiger partial charge on any atom is 0.254 e. The maximum atomic E-state index is 11.7. The Morgan fingerprint density at radius 1 is 1.28 bits per heavy atom. The number of anilines is 1. The monoisotopic (exact) mass is 250 g/mol. The smallest absolute Gasteiger partial charge is 0.254 e. The van der Waals surface area contributed by atoms with E-state index in [1.165, 1.54) is 12.8 Å². The first-order valence-corrected chi connectivity index (χ1v) is 6.50. The minimum absolute atomic E-state index is 0.115. The highest BCUT2D eigenvalue weighted by atomic mass is 16.1. The van der Waals surface area contributed by atoms with Gasteiger partial charge in [0.1, 0.15) is 0 Å². The summed E-state index contributed by atoms with van der Waals surface area (Å²) >= 11 is 0. The van der Waals surface area contributed by atoms with Gasteiger partial charge in [-0.15, -0.1) is 0 Å². The Morgan fingerprint density at radius 3 is 2.50 bits per heavy atom. The molecule has 1 aromatic rings. The van der Waals surface area contributed by atoms with Gasteiger partial charge in [0.2, 0.25) is 5.95 Å². The van der Waals surface area contributed by atoms with Gasteiger partial charge in [0.15, 0.2) is 0 Å². The van der Waals surface area contributed by atoms with E-state index in [1.54, 1.807) is 12.4 Å². The van der Waals surface area contributed by atoms with Crippen LogP contribution in [0, 0.1) is 0 Å². The number of carbonyl (C=O) groups excluding carboxylic acids is 1. The molecule has 0 aliphatic carbocycles. The number of hydrogen-bond acceptors (Lipinski definition) is 4. The molecule has 1 heterocycles. The van der Waals surface area contributed by atoms with E-state index >= 15 is 0 Å². The standard InChI is InChI=1S/C13H22N4O/c1-4-5-6-7-14-13-15-8-11(9-16-13)12(18)17-10(2)3/h8-10H,4-7H2,1-3H3,(H,17,18)(H,14,15,16). The molecule has 0 unspecified atom stereocenters. The first-order valence-electron chi connectivity index (χ1n) is 6.50. The summed E-state index contributed by atoms with van der Waals surface area (Å²) in [4.78, 5) is 19.9. The molecular weight excluding hydrogens is 228 g/mol. The summed E-state index contributed by atoms with van der Waals surface area (Å²) < 4.78 is 0. The Hall–Kier alpha value is -1.65. The number of nitrogens with one attached hydrogen (secondary N) is 2.